The molecule has 0 saturated carbocycles. The molecule has 5 nitrogen and oxygen atoms in total. The highest BCUT2D eigenvalue weighted by atomic mass is 16.5. The maximum absolute atomic E-state index is 10.9. The molecule has 0 bridgehead atoms. The summed E-state index contributed by atoms with van der Waals surface area (Å²) in [6.45, 7) is 1.31. The number of hydrogen-bond donors (Lipinski definition) is 2. The van der Waals surface area contributed by atoms with Crippen molar-refractivity contribution in [1.82, 2.24) is 10.4 Å². The Balaban J connectivity index is 2.83. The smallest absolute Gasteiger partial charge is 0.293 e. The minimum absolute atomic E-state index is 0.115. The molecule has 2 N–H and O–H groups in total. The molecule has 0 unspecified atom stereocenters. The van der Waals surface area contributed by atoms with E-state index in [-0.39, 0.29) is 18.1 Å². The van der Waals surface area contributed by atoms with Crippen molar-refractivity contribution in [1.29, 1.82) is 0 Å². The van der Waals surface area contributed by atoms with Crippen LogP contribution in [0.5, 0.6) is 0 Å². The topological polar surface area (TPSA) is 69.6 Å². The van der Waals surface area contributed by atoms with Crippen molar-refractivity contribution in [3.63, 3.8) is 0 Å². The molecule has 0 atom stereocenters. The molecule has 1 rings (SSSR count). The van der Waals surface area contributed by atoms with Gasteiger partial charge in [-0.3, -0.25) is 14.8 Å². The van der Waals surface area contributed by atoms with Crippen LogP contribution in [-0.4, -0.2) is 28.6 Å². The summed E-state index contributed by atoms with van der Waals surface area (Å²) in [4.78, 5) is 21.6. The van der Waals surface area contributed by atoms with Crippen molar-refractivity contribution >= 4 is 11.8 Å². The lowest BCUT2D eigenvalue weighted by atomic mass is 10.3. The summed E-state index contributed by atoms with van der Waals surface area (Å²) in [6, 6.07) is 0. The Hall–Kier alpha value is -1.36. The number of carbonyl (C=O) groups excluding carboxylic acids is 2. The summed E-state index contributed by atoms with van der Waals surface area (Å²) in [7, 11) is 0. The molecule has 11 heavy (non-hydrogen) atoms. The Morgan fingerprint density at radius 1 is 1.64 bits per heavy atom. The molecule has 2 amide bonds. The Labute approximate surface area is 63.2 Å². The van der Waals surface area contributed by atoms with Crippen LogP contribution in [0.3, 0.4) is 0 Å². The van der Waals surface area contributed by atoms with Gasteiger partial charge in [0.05, 0.1) is 0 Å². The van der Waals surface area contributed by atoms with Gasteiger partial charge in [-0.15, -0.1) is 0 Å². The quantitative estimate of drug-likeness (QED) is 0.357. The average Bonchev–Trinajstić information content (AvgIpc) is 1.96. The van der Waals surface area contributed by atoms with Gasteiger partial charge in [0.25, 0.3) is 5.91 Å². The Morgan fingerprint density at radius 2 is 2.27 bits per heavy atom. The fourth-order valence-corrected chi connectivity index (χ4v) is 0.786. The molecule has 0 aliphatic carbocycles. The van der Waals surface area contributed by atoms with Gasteiger partial charge >= 0.3 is 0 Å². The van der Waals surface area contributed by atoms with Gasteiger partial charge in [0.2, 0.25) is 5.91 Å². The van der Waals surface area contributed by atoms with E-state index in [2.05, 4.69) is 5.32 Å². The Kier molecular flexibility index (Phi) is 1.91. The summed E-state index contributed by atoms with van der Waals surface area (Å²) in [5, 5.41) is 11.5. The third-order valence-electron chi connectivity index (χ3n) is 1.32. The summed E-state index contributed by atoms with van der Waals surface area (Å²) in [5.41, 5.74) is 0.115. The monoisotopic (exact) mass is 156 g/mol. The zero-order valence-corrected chi connectivity index (χ0v) is 6.00. The standard InChI is InChI=1S/C6H8N2O3/c1-2-4-6(10)8(11)3-5(9)7-4/h2,11H,3H2,1H3,(H,7,9)/b4-2-. The van der Waals surface area contributed by atoms with Crippen LogP contribution in [0.25, 0.3) is 0 Å². The van der Waals surface area contributed by atoms with Crippen LogP contribution in [0, 0.1) is 0 Å². The molecule has 1 aliphatic rings. The van der Waals surface area contributed by atoms with E-state index in [4.69, 9.17) is 5.21 Å². The molecular weight excluding hydrogens is 148 g/mol. The van der Waals surface area contributed by atoms with Crippen LogP contribution in [0.4, 0.5) is 0 Å². The second-order valence-corrected chi connectivity index (χ2v) is 2.11. The predicted molar refractivity (Wildman–Crippen MR) is 35.4 cm³/mol. The second-order valence-electron chi connectivity index (χ2n) is 2.11. The molecule has 5 heteroatoms. The van der Waals surface area contributed by atoms with E-state index >= 15 is 0 Å². The third kappa shape index (κ3) is 1.38. The fourth-order valence-electron chi connectivity index (χ4n) is 0.786. The van der Waals surface area contributed by atoms with E-state index in [1.54, 1.807) is 6.92 Å². The molecule has 0 aromatic rings. The number of hydroxylamine groups is 2. The zero-order valence-electron chi connectivity index (χ0n) is 6.00. The average molecular weight is 156 g/mol. The van der Waals surface area contributed by atoms with Gasteiger partial charge in [-0.05, 0) is 6.92 Å². The van der Waals surface area contributed by atoms with E-state index in [0.29, 0.717) is 5.06 Å². The van der Waals surface area contributed by atoms with Gasteiger partial charge in [-0.2, -0.15) is 0 Å². The van der Waals surface area contributed by atoms with Gasteiger partial charge < -0.3 is 5.32 Å². The maximum Gasteiger partial charge on any atom is 0.293 e. The van der Waals surface area contributed by atoms with Gasteiger partial charge in [-0.25, -0.2) is 5.06 Å². The molecule has 1 saturated heterocycles. The number of rotatable bonds is 0. The minimum atomic E-state index is -0.577. The summed E-state index contributed by atoms with van der Waals surface area (Å²) in [5.74, 6) is -0.965. The lowest BCUT2D eigenvalue weighted by Gasteiger charge is -2.21. The van der Waals surface area contributed by atoms with Crippen molar-refractivity contribution in [2.45, 2.75) is 6.92 Å². The minimum Gasteiger partial charge on any atom is -0.320 e. The molecule has 1 heterocycles. The van der Waals surface area contributed by atoms with E-state index in [9.17, 15) is 9.59 Å². The van der Waals surface area contributed by atoms with Crippen molar-refractivity contribution < 1.29 is 14.8 Å². The molecule has 60 valence electrons. The largest absolute Gasteiger partial charge is 0.320 e. The van der Waals surface area contributed by atoms with E-state index in [1.807, 2.05) is 0 Å². The van der Waals surface area contributed by atoms with Crippen molar-refractivity contribution in [3.8, 4) is 0 Å². The first-order valence-corrected chi connectivity index (χ1v) is 3.12. The number of allylic oxidation sites excluding steroid dienone is 1. The lowest BCUT2D eigenvalue weighted by Crippen LogP contribution is -2.48. The van der Waals surface area contributed by atoms with E-state index in [1.165, 1.54) is 6.08 Å². The number of hydrogen-bond acceptors (Lipinski definition) is 3. The third-order valence-corrected chi connectivity index (χ3v) is 1.32. The van der Waals surface area contributed by atoms with Crippen molar-refractivity contribution in [2.24, 2.45) is 0 Å². The number of piperazine rings is 1. The van der Waals surface area contributed by atoms with Crippen LogP contribution >= 0.6 is 0 Å². The zero-order chi connectivity index (χ0) is 8.43. The molecule has 1 aliphatic heterocycles. The molecule has 0 aromatic heterocycles. The molecule has 0 radical (unpaired) electrons. The number of amides is 2. The Morgan fingerprint density at radius 3 is 2.82 bits per heavy atom. The Bertz CT molecular complexity index is 234. The highest BCUT2D eigenvalue weighted by molar-refractivity contribution is 6.02. The lowest BCUT2D eigenvalue weighted by molar-refractivity contribution is -0.169. The first-order chi connectivity index (χ1) is 5.15. The first-order valence-electron chi connectivity index (χ1n) is 3.12. The molecular formula is C6H8N2O3. The SMILES string of the molecule is C/C=C1\NC(=O)CN(O)C1=O. The normalized spacial score (nSPS) is 22.4. The highest BCUT2D eigenvalue weighted by Gasteiger charge is 2.25. The summed E-state index contributed by atoms with van der Waals surface area (Å²) < 4.78 is 0. The van der Waals surface area contributed by atoms with Crippen LogP contribution in [0.1, 0.15) is 6.92 Å². The molecule has 0 aromatic carbocycles. The van der Waals surface area contributed by atoms with Gasteiger partial charge in [0.1, 0.15) is 12.2 Å². The second kappa shape index (κ2) is 2.71. The number of nitrogens with one attached hydrogen (secondary N) is 1. The van der Waals surface area contributed by atoms with Crippen LogP contribution in [0.15, 0.2) is 11.8 Å². The maximum atomic E-state index is 10.9. The predicted octanol–water partition coefficient (Wildman–Crippen LogP) is -0.762. The fraction of sp³-hybridized carbons (Fsp3) is 0.333. The summed E-state index contributed by atoms with van der Waals surface area (Å²) >= 11 is 0. The first kappa shape index (κ1) is 7.74. The van der Waals surface area contributed by atoms with E-state index in [0.717, 1.165) is 0 Å². The van der Waals surface area contributed by atoms with E-state index < -0.39 is 5.91 Å². The molecule has 1 fully saturated rings. The van der Waals surface area contributed by atoms with Crippen LogP contribution in [-0.2, 0) is 9.59 Å². The van der Waals surface area contributed by atoms with Crippen LogP contribution < -0.4 is 5.32 Å². The number of carbonyl (C=O) groups is 2. The summed E-state index contributed by atoms with van der Waals surface area (Å²) in [6.07, 6.45) is 1.43. The number of nitrogens with zero attached hydrogens (tertiary/aromatic N) is 1. The van der Waals surface area contributed by atoms with Gasteiger partial charge in [0, 0.05) is 0 Å². The van der Waals surface area contributed by atoms with Crippen molar-refractivity contribution in [3.05, 3.63) is 11.8 Å². The van der Waals surface area contributed by atoms with Crippen molar-refractivity contribution in [2.75, 3.05) is 6.54 Å². The van der Waals surface area contributed by atoms with Gasteiger partial charge in [-0.1, -0.05) is 6.08 Å². The molecule has 0 spiro atoms. The van der Waals surface area contributed by atoms with Crippen LogP contribution in [0.2, 0.25) is 0 Å². The van der Waals surface area contributed by atoms with Gasteiger partial charge in [0.15, 0.2) is 0 Å². The highest BCUT2D eigenvalue weighted by Crippen LogP contribution is 2.01.